The maximum absolute atomic E-state index is 12.4. The summed E-state index contributed by atoms with van der Waals surface area (Å²) in [6, 6.07) is 13.2. The average Bonchev–Trinajstić information content (AvgIpc) is 2.59. The van der Waals surface area contributed by atoms with Crippen molar-refractivity contribution in [3.05, 3.63) is 71.0 Å². The van der Waals surface area contributed by atoms with Gasteiger partial charge in [-0.15, -0.1) is 0 Å². The Bertz CT molecular complexity index is 981. The molecule has 0 aliphatic heterocycles. The van der Waals surface area contributed by atoms with Gasteiger partial charge in [-0.25, -0.2) is 18.4 Å². The third-order valence-electron chi connectivity index (χ3n) is 3.02. The number of ether oxygens (including phenoxy) is 1. The summed E-state index contributed by atoms with van der Waals surface area (Å²) in [4.78, 5) is 7.81. The number of rotatable bonds is 5. The van der Waals surface area contributed by atoms with Crippen LogP contribution in [0.1, 0.15) is 0 Å². The fourth-order valence-corrected chi connectivity index (χ4v) is 3.70. The van der Waals surface area contributed by atoms with E-state index in [0.717, 1.165) is 0 Å². The third kappa shape index (κ3) is 4.39. The lowest BCUT2D eigenvalue weighted by atomic mass is 10.3. The number of sulfonamides is 1. The molecule has 3 aromatic rings. The van der Waals surface area contributed by atoms with Gasteiger partial charge in [-0.3, -0.25) is 4.72 Å². The highest BCUT2D eigenvalue weighted by atomic mass is 35.5. The van der Waals surface area contributed by atoms with E-state index in [0.29, 0.717) is 5.75 Å². The lowest BCUT2D eigenvalue weighted by Crippen LogP contribution is -2.14. The minimum Gasteiger partial charge on any atom is -0.424 e. The van der Waals surface area contributed by atoms with Crippen LogP contribution in [0.25, 0.3) is 0 Å². The Morgan fingerprint density at radius 3 is 2.32 bits per heavy atom. The van der Waals surface area contributed by atoms with E-state index in [4.69, 9.17) is 27.9 Å². The molecule has 1 aromatic heterocycles. The molecule has 0 fully saturated rings. The van der Waals surface area contributed by atoms with Crippen molar-refractivity contribution >= 4 is 38.9 Å². The highest BCUT2D eigenvalue weighted by Gasteiger charge is 2.19. The zero-order valence-corrected chi connectivity index (χ0v) is 14.9. The van der Waals surface area contributed by atoms with E-state index in [2.05, 4.69) is 14.7 Å². The van der Waals surface area contributed by atoms with Gasteiger partial charge in [0, 0.05) is 5.02 Å². The summed E-state index contributed by atoms with van der Waals surface area (Å²) in [5.41, 5.74) is 0.163. The van der Waals surface area contributed by atoms with Gasteiger partial charge >= 0.3 is 6.01 Å². The van der Waals surface area contributed by atoms with E-state index < -0.39 is 10.0 Å². The summed E-state index contributed by atoms with van der Waals surface area (Å²) < 4.78 is 32.6. The van der Waals surface area contributed by atoms with Crippen LogP contribution >= 0.6 is 23.2 Å². The molecule has 6 nitrogen and oxygen atoms in total. The van der Waals surface area contributed by atoms with E-state index in [1.807, 2.05) is 18.2 Å². The van der Waals surface area contributed by atoms with Gasteiger partial charge in [0.1, 0.15) is 10.6 Å². The fourth-order valence-electron chi connectivity index (χ4n) is 1.91. The molecule has 0 saturated heterocycles. The Balaban J connectivity index is 1.78. The number of hydrogen-bond donors (Lipinski definition) is 1. The first-order valence-electron chi connectivity index (χ1n) is 6.97. The first-order chi connectivity index (χ1) is 11.9. The summed E-state index contributed by atoms with van der Waals surface area (Å²) in [7, 11) is -3.93. The SMILES string of the molecule is O=S(=O)(Nc1cnc(Oc2ccccc2)nc1)c1cc(Cl)ccc1Cl. The van der Waals surface area contributed by atoms with Crippen molar-refractivity contribution in [3.63, 3.8) is 0 Å². The van der Waals surface area contributed by atoms with Gasteiger partial charge in [0.05, 0.1) is 23.1 Å². The molecule has 0 spiro atoms. The summed E-state index contributed by atoms with van der Waals surface area (Å²) in [5, 5.41) is 0.314. The van der Waals surface area contributed by atoms with Crippen molar-refractivity contribution in [1.29, 1.82) is 0 Å². The maximum atomic E-state index is 12.4. The van der Waals surface area contributed by atoms with Crippen molar-refractivity contribution in [2.45, 2.75) is 4.90 Å². The monoisotopic (exact) mass is 395 g/mol. The fraction of sp³-hybridized carbons (Fsp3) is 0. The second kappa shape index (κ2) is 7.26. The molecule has 0 saturated carbocycles. The molecule has 1 heterocycles. The Labute approximate surface area is 154 Å². The molecular weight excluding hydrogens is 385 g/mol. The zero-order valence-electron chi connectivity index (χ0n) is 12.6. The maximum Gasteiger partial charge on any atom is 0.322 e. The van der Waals surface area contributed by atoms with E-state index in [-0.39, 0.29) is 26.6 Å². The molecule has 0 unspecified atom stereocenters. The largest absolute Gasteiger partial charge is 0.424 e. The highest BCUT2D eigenvalue weighted by Crippen LogP contribution is 2.27. The standard InChI is InChI=1S/C16H11Cl2N3O3S/c17-11-6-7-14(18)15(8-11)25(22,23)21-12-9-19-16(20-10-12)24-13-4-2-1-3-5-13/h1-10,21H. The first-order valence-corrected chi connectivity index (χ1v) is 9.21. The smallest absolute Gasteiger partial charge is 0.322 e. The second-order valence-corrected chi connectivity index (χ2v) is 7.34. The van der Waals surface area contributed by atoms with Gasteiger partial charge in [-0.05, 0) is 30.3 Å². The molecule has 0 aliphatic carbocycles. The normalized spacial score (nSPS) is 11.1. The Kier molecular flexibility index (Phi) is 5.08. The predicted molar refractivity (Wildman–Crippen MR) is 95.8 cm³/mol. The van der Waals surface area contributed by atoms with Gasteiger partial charge in [-0.1, -0.05) is 41.4 Å². The molecule has 0 radical (unpaired) electrons. The van der Waals surface area contributed by atoms with Crippen molar-refractivity contribution in [1.82, 2.24) is 9.97 Å². The topological polar surface area (TPSA) is 81.2 Å². The van der Waals surface area contributed by atoms with Gasteiger partial charge in [-0.2, -0.15) is 0 Å². The van der Waals surface area contributed by atoms with Crippen LogP contribution in [0.2, 0.25) is 10.0 Å². The van der Waals surface area contributed by atoms with Crippen LogP contribution in [0, 0.1) is 0 Å². The predicted octanol–water partition coefficient (Wildman–Crippen LogP) is 4.38. The van der Waals surface area contributed by atoms with Crippen LogP contribution in [-0.4, -0.2) is 18.4 Å². The molecule has 2 aromatic carbocycles. The minimum absolute atomic E-state index is 0.0573. The summed E-state index contributed by atoms with van der Waals surface area (Å²) >= 11 is 11.8. The molecule has 25 heavy (non-hydrogen) atoms. The number of benzene rings is 2. The van der Waals surface area contributed by atoms with Crippen molar-refractivity contribution in [3.8, 4) is 11.8 Å². The van der Waals surface area contributed by atoms with Crippen molar-refractivity contribution in [2.75, 3.05) is 4.72 Å². The summed E-state index contributed by atoms with van der Waals surface area (Å²) in [5.74, 6) is 0.571. The lowest BCUT2D eigenvalue weighted by molar-refractivity contribution is 0.442. The molecular formula is C16H11Cl2N3O3S. The minimum atomic E-state index is -3.93. The third-order valence-corrected chi connectivity index (χ3v) is 5.11. The number of nitrogens with one attached hydrogen (secondary N) is 1. The van der Waals surface area contributed by atoms with Crippen molar-refractivity contribution in [2.24, 2.45) is 0 Å². The quantitative estimate of drug-likeness (QED) is 0.693. The van der Waals surface area contributed by atoms with Crippen molar-refractivity contribution < 1.29 is 13.2 Å². The zero-order chi connectivity index (χ0) is 17.9. The van der Waals surface area contributed by atoms with E-state index >= 15 is 0 Å². The van der Waals surface area contributed by atoms with E-state index in [1.165, 1.54) is 30.6 Å². The Hall–Kier alpha value is -2.35. The van der Waals surface area contributed by atoms with Gasteiger partial charge < -0.3 is 4.74 Å². The summed E-state index contributed by atoms with van der Waals surface area (Å²) in [6.45, 7) is 0. The van der Waals surface area contributed by atoms with Crippen LogP contribution in [0.4, 0.5) is 5.69 Å². The van der Waals surface area contributed by atoms with Gasteiger partial charge in [0.25, 0.3) is 10.0 Å². The number of hydrogen-bond acceptors (Lipinski definition) is 5. The van der Waals surface area contributed by atoms with E-state index in [1.54, 1.807) is 12.1 Å². The van der Waals surface area contributed by atoms with Crippen LogP contribution in [0.15, 0.2) is 65.8 Å². The molecule has 9 heteroatoms. The number of anilines is 1. The van der Waals surface area contributed by atoms with Crippen LogP contribution in [0.5, 0.6) is 11.8 Å². The molecule has 128 valence electrons. The molecule has 0 aliphatic rings. The molecule has 0 bridgehead atoms. The molecule has 1 N–H and O–H groups in total. The van der Waals surface area contributed by atoms with Crippen LogP contribution < -0.4 is 9.46 Å². The Morgan fingerprint density at radius 1 is 0.960 bits per heavy atom. The Morgan fingerprint density at radius 2 is 1.64 bits per heavy atom. The van der Waals surface area contributed by atoms with E-state index in [9.17, 15) is 8.42 Å². The number of nitrogens with zero attached hydrogens (tertiary/aromatic N) is 2. The number of para-hydroxylation sites is 1. The molecule has 0 amide bonds. The molecule has 0 atom stereocenters. The van der Waals surface area contributed by atoms with Crippen LogP contribution in [0.3, 0.4) is 0 Å². The number of halogens is 2. The van der Waals surface area contributed by atoms with Crippen LogP contribution in [-0.2, 0) is 10.0 Å². The summed E-state index contributed by atoms with van der Waals surface area (Å²) in [6.07, 6.45) is 2.59. The first kappa shape index (κ1) is 17.5. The average molecular weight is 396 g/mol. The number of aromatic nitrogens is 2. The van der Waals surface area contributed by atoms with Gasteiger partial charge in [0.15, 0.2) is 0 Å². The highest BCUT2D eigenvalue weighted by molar-refractivity contribution is 7.92. The van der Waals surface area contributed by atoms with Gasteiger partial charge in [0.2, 0.25) is 0 Å². The second-order valence-electron chi connectivity index (χ2n) is 4.85. The lowest BCUT2D eigenvalue weighted by Gasteiger charge is -2.10. The molecule has 3 rings (SSSR count).